The van der Waals surface area contributed by atoms with Crippen LogP contribution in [0.15, 0.2) is 54.7 Å². The Morgan fingerprint density at radius 2 is 1.90 bits per heavy atom. The lowest BCUT2D eigenvalue weighted by atomic mass is 10.0. The average molecular weight is 391 g/mol. The summed E-state index contributed by atoms with van der Waals surface area (Å²) in [5.74, 6) is -0.713. The fraction of sp³-hybridized carbons (Fsp3) is 0.227. The van der Waals surface area contributed by atoms with Crippen LogP contribution in [-0.2, 0) is 27.3 Å². The quantitative estimate of drug-likeness (QED) is 0.651. The van der Waals surface area contributed by atoms with Crippen molar-refractivity contribution >= 4 is 28.7 Å². The van der Waals surface area contributed by atoms with Gasteiger partial charge in [-0.05, 0) is 29.3 Å². The highest BCUT2D eigenvalue weighted by molar-refractivity contribution is 5.95. The zero-order valence-electron chi connectivity index (χ0n) is 16.0. The molecule has 1 aromatic heterocycles. The molecule has 3 aromatic rings. The Kier molecular flexibility index (Phi) is 5.03. The lowest BCUT2D eigenvalue weighted by Crippen LogP contribution is -2.58. The SMILES string of the molecule is COC(=O)c1ccc(CN2C(=O)CNC(=O)[C@H]2Cc2c[nH]c3ccccc23)cc1. The molecule has 148 valence electrons. The molecule has 2 N–H and O–H groups in total. The minimum atomic E-state index is -0.601. The van der Waals surface area contributed by atoms with Crippen LogP contribution >= 0.6 is 0 Å². The molecule has 7 nitrogen and oxygen atoms in total. The molecule has 2 aromatic carbocycles. The summed E-state index contributed by atoms with van der Waals surface area (Å²) >= 11 is 0. The van der Waals surface area contributed by atoms with E-state index >= 15 is 0 Å². The number of methoxy groups -OCH3 is 1. The van der Waals surface area contributed by atoms with E-state index in [1.165, 1.54) is 7.11 Å². The highest BCUT2D eigenvalue weighted by Gasteiger charge is 2.34. The van der Waals surface area contributed by atoms with Crippen LogP contribution in [0.3, 0.4) is 0 Å². The molecular weight excluding hydrogens is 370 g/mol. The van der Waals surface area contributed by atoms with Gasteiger partial charge in [0.05, 0.1) is 19.2 Å². The Morgan fingerprint density at radius 1 is 1.14 bits per heavy atom. The number of hydrogen-bond acceptors (Lipinski definition) is 4. The van der Waals surface area contributed by atoms with Crippen molar-refractivity contribution in [2.24, 2.45) is 0 Å². The fourth-order valence-electron chi connectivity index (χ4n) is 3.67. The molecule has 29 heavy (non-hydrogen) atoms. The second kappa shape index (κ2) is 7.79. The van der Waals surface area contributed by atoms with Crippen LogP contribution in [0.4, 0.5) is 0 Å². The van der Waals surface area contributed by atoms with Crippen molar-refractivity contribution in [1.29, 1.82) is 0 Å². The van der Waals surface area contributed by atoms with Gasteiger partial charge in [-0.3, -0.25) is 9.59 Å². The van der Waals surface area contributed by atoms with Crippen molar-refractivity contribution in [2.45, 2.75) is 19.0 Å². The highest BCUT2D eigenvalue weighted by atomic mass is 16.5. The number of benzene rings is 2. The van der Waals surface area contributed by atoms with Crippen LogP contribution in [0.1, 0.15) is 21.5 Å². The number of carbonyl (C=O) groups excluding carboxylic acids is 3. The molecule has 0 aliphatic carbocycles. The third-order valence-corrected chi connectivity index (χ3v) is 5.23. The molecule has 1 aliphatic rings. The normalized spacial score (nSPS) is 16.7. The number of nitrogens with one attached hydrogen (secondary N) is 2. The van der Waals surface area contributed by atoms with E-state index in [0.717, 1.165) is 22.0 Å². The van der Waals surface area contributed by atoms with Gasteiger partial charge in [0.25, 0.3) is 0 Å². The van der Waals surface area contributed by atoms with Crippen molar-refractivity contribution in [1.82, 2.24) is 15.2 Å². The van der Waals surface area contributed by atoms with Crippen molar-refractivity contribution in [3.63, 3.8) is 0 Å². The number of fused-ring (bicyclic) bond motifs is 1. The molecule has 1 saturated heterocycles. The summed E-state index contributed by atoms with van der Waals surface area (Å²) in [5, 5.41) is 3.73. The number of nitrogens with zero attached hydrogens (tertiary/aromatic N) is 1. The molecule has 0 spiro atoms. The fourth-order valence-corrected chi connectivity index (χ4v) is 3.67. The molecule has 0 unspecified atom stereocenters. The second-order valence-corrected chi connectivity index (χ2v) is 7.01. The number of ether oxygens (including phenoxy) is 1. The molecule has 7 heteroatoms. The predicted molar refractivity (Wildman–Crippen MR) is 107 cm³/mol. The number of carbonyl (C=O) groups is 3. The Morgan fingerprint density at radius 3 is 2.66 bits per heavy atom. The van der Waals surface area contributed by atoms with Crippen LogP contribution in [0, 0.1) is 0 Å². The lowest BCUT2D eigenvalue weighted by Gasteiger charge is -2.35. The molecule has 4 rings (SSSR count). The summed E-state index contributed by atoms with van der Waals surface area (Å²) in [6.07, 6.45) is 2.31. The number of esters is 1. The van der Waals surface area contributed by atoms with Gasteiger partial charge in [-0.1, -0.05) is 30.3 Å². The van der Waals surface area contributed by atoms with Gasteiger partial charge >= 0.3 is 5.97 Å². The van der Waals surface area contributed by atoms with E-state index in [0.29, 0.717) is 18.5 Å². The van der Waals surface area contributed by atoms with E-state index in [9.17, 15) is 14.4 Å². The van der Waals surface area contributed by atoms with E-state index in [-0.39, 0.29) is 18.4 Å². The van der Waals surface area contributed by atoms with Crippen LogP contribution in [0.5, 0.6) is 0 Å². The van der Waals surface area contributed by atoms with Crippen molar-refractivity contribution in [3.05, 3.63) is 71.4 Å². The molecule has 0 saturated carbocycles. The predicted octanol–water partition coefficient (Wildman–Crippen LogP) is 2.02. The van der Waals surface area contributed by atoms with Gasteiger partial charge in [0.1, 0.15) is 6.04 Å². The number of piperazine rings is 1. The number of rotatable bonds is 5. The maximum Gasteiger partial charge on any atom is 0.337 e. The summed E-state index contributed by atoms with van der Waals surface area (Å²) in [4.78, 5) is 41.6. The average Bonchev–Trinajstić information content (AvgIpc) is 3.16. The van der Waals surface area contributed by atoms with Gasteiger partial charge in [-0.25, -0.2) is 4.79 Å². The summed E-state index contributed by atoms with van der Waals surface area (Å²) < 4.78 is 4.71. The molecule has 0 bridgehead atoms. The van der Waals surface area contributed by atoms with Crippen LogP contribution in [0.25, 0.3) is 10.9 Å². The molecule has 0 radical (unpaired) electrons. The first kappa shape index (κ1) is 18.7. The topological polar surface area (TPSA) is 91.5 Å². The minimum absolute atomic E-state index is 0.0105. The maximum absolute atomic E-state index is 12.6. The maximum atomic E-state index is 12.6. The molecule has 1 aliphatic heterocycles. The van der Waals surface area contributed by atoms with Gasteiger partial charge in [0, 0.05) is 30.1 Å². The first-order chi connectivity index (χ1) is 14.1. The van der Waals surface area contributed by atoms with Crippen LogP contribution in [-0.4, -0.2) is 47.4 Å². The van der Waals surface area contributed by atoms with E-state index < -0.39 is 12.0 Å². The lowest BCUT2D eigenvalue weighted by molar-refractivity contribution is -0.146. The Labute approximate surface area is 167 Å². The largest absolute Gasteiger partial charge is 0.465 e. The summed E-state index contributed by atoms with van der Waals surface area (Å²) in [6.45, 7) is 0.282. The molecule has 2 heterocycles. The summed E-state index contributed by atoms with van der Waals surface area (Å²) in [7, 11) is 1.33. The number of H-pyrrole nitrogens is 1. The van der Waals surface area contributed by atoms with Crippen molar-refractivity contribution in [2.75, 3.05) is 13.7 Å². The molecule has 1 fully saturated rings. The van der Waals surface area contributed by atoms with Crippen LogP contribution < -0.4 is 5.32 Å². The van der Waals surface area contributed by atoms with Gasteiger partial charge in [-0.2, -0.15) is 0 Å². The number of aromatic nitrogens is 1. The Bertz CT molecular complexity index is 1070. The number of aromatic amines is 1. The number of para-hydroxylation sites is 1. The van der Waals surface area contributed by atoms with E-state index in [2.05, 4.69) is 10.3 Å². The van der Waals surface area contributed by atoms with E-state index in [1.54, 1.807) is 29.2 Å². The van der Waals surface area contributed by atoms with Gasteiger partial charge in [0.15, 0.2) is 0 Å². The summed E-state index contributed by atoms with van der Waals surface area (Å²) in [5.41, 5.74) is 3.26. The van der Waals surface area contributed by atoms with E-state index in [1.807, 2.05) is 30.5 Å². The third-order valence-electron chi connectivity index (χ3n) is 5.23. The van der Waals surface area contributed by atoms with Crippen molar-refractivity contribution in [3.8, 4) is 0 Å². The molecule has 2 amide bonds. The zero-order chi connectivity index (χ0) is 20.4. The first-order valence-corrected chi connectivity index (χ1v) is 9.36. The van der Waals surface area contributed by atoms with Gasteiger partial charge < -0.3 is 19.9 Å². The first-order valence-electron chi connectivity index (χ1n) is 9.36. The zero-order valence-corrected chi connectivity index (χ0v) is 16.0. The number of amides is 2. The minimum Gasteiger partial charge on any atom is -0.465 e. The van der Waals surface area contributed by atoms with Crippen molar-refractivity contribution < 1.29 is 19.1 Å². The standard InChI is InChI=1S/C22H21N3O4/c1-29-22(28)15-8-6-14(7-9-15)13-25-19(21(27)24-12-20(25)26)10-16-11-23-18-5-3-2-4-17(16)18/h2-9,11,19,23H,10,12-13H2,1H3,(H,24,27)/t19-/m1/s1. The third kappa shape index (κ3) is 3.71. The van der Waals surface area contributed by atoms with Crippen LogP contribution in [0.2, 0.25) is 0 Å². The van der Waals surface area contributed by atoms with E-state index in [4.69, 9.17) is 4.74 Å². The van der Waals surface area contributed by atoms with Gasteiger partial charge in [0.2, 0.25) is 11.8 Å². The summed E-state index contributed by atoms with van der Waals surface area (Å²) in [6, 6.07) is 14.1. The smallest absolute Gasteiger partial charge is 0.337 e. The van der Waals surface area contributed by atoms with Gasteiger partial charge in [-0.15, -0.1) is 0 Å². The monoisotopic (exact) mass is 391 g/mol. The molecular formula is C22H21N3O4. The Balaban J connectivity index is 1.58. The Hall–Kier alpha value is -3.61. The molecule has 1 atom stereocenters. The highest BCUT2D eigenvalue weighted by Crippen LogP contribution is 2.23. The number of hydrogen-bond donors (Lipinski definition) is 2. The second-order valence-electron chi connectivity index (χ2n) is 7.01.